The number of alkyl halides is 2. The van der Waals surface area contributed by atoms with Crippen molar-refractivity contribution in [3.05, 3.63) is 29.6 Å². The summed E-state index contributed by atoms with van der Waals surface area (Å²) in [5.74, 6) is -1.06. The summed E-state index contributed by atoms with van der Waals surface area (Å²) < 4.78 is 12.0. The monoisotopic (exact) mass is 261 g/mol. The number of carbonyl (C=O) groups excluding carboxylic acids is 1. The number of nitrogens with one attached hydrogen (secondary N) is 1. The van der Waals surface area contributed by atoms with Gasteiger partial charge in [0.15, 0.2) is 0 Å². The number of hydrogen-bond donors (Lipinski definition) is 1. The Hall–Kier alpha value is -0.800. The third kappa shape index (κ3) is 2.30. The van der Waals surface area contributed by atoms with Crippen LogP contribution < -0.4 is 5.32 Å². The van der Waals surface area contributed by atoms with E-state index >= 15 is 0 Å². The predicted molar refractivity (Wildman–Crippen MR) is 62.3 cm³/mol. The van der Waals surface area contributed by atoms with Crippen LogP contribution in [-0.2, 0) is 4.79 Å². The molecular formula is C11H10Cl2FNO. The van der Waals surface area contributed by atoms with Gasteiger partial charge in [0.25, 0.3) is 0 Å². The Balaban J connectivity index is 2.10. The van der Waals surface area contributed by atoms with Gasteiger partial charge in [-0.2, -0.15) is 0 Å². The number of rotatable bonds is 2. The maximum Gasteiger partial charge on any atom is 0.230 e. The quantitative estimate of drug-likeness (QED) is 0.814. The molecule has 1 aromatic carbocycles. The van der Waals surface area contributed by atoms with Crippen LogP contribution in [-0.4, -0.2) is 10.2 Å². The molecule has 1 aliphatic carbocycles. The molecule has 0 aliphatic heterocycles. The molecule has 1 amide bonds. The van der Waals surface area contributed by atoms with Crippen molar-refractivity contribution in [1.82, 2.24) is 0 Å². The third-order valence-electron chi connectivity index (χ3n) is 2.60. The summed E-state index contributed by atoms with van der Waals surface area (Å²) in [5.41, 5.74) is 1.26. The number of aryl methyl sites for hydroxylation is 1. The lowest BCUT2D eigenvalue weighted by Crippen LogP contribution is -2.17. The highest BCUT2D eigenvalue weighted by Gasteiger charge is 2.56. The van der Waals surface area contributed by atoms with Gasteiger partial charge in [-0.25, -0.2) is 4.39 Å². The minimum atomic E-state index is -0.953. The van der Waals surface area contributed by atoms with E-state index < -0.39 is 10.3 Å². The maximum atomic E-state index is 13.0. The highest BCUT2D eigenvalue weighted by atomic mass is 35.5. The molecule has 16 heavy (non-hydrogen) atoms. The van der Waals surface area contributed by atoms with Gasteiger partial charge >= 0.3 is 0 Å². The number of benzene rings is 1. The number of halogens is 3. The summed E-state index contributed by atoms with van der Waals surface area (Å²) in [4.78, 5) is 11.7. The van der Waals surface area contributed by atoms with E-state index in [9.17, 15) is 9.18 Å². The molecule has 1 aliphatic rings. The van der Waals surface area contributed by atoms with E-state index in [1.54, 1.807) is 13.0 Å². The Morgan fingerprint density at radius 1 is 1.56 bits per heavy atom. The van der Waals surface area contributed by atoms with Crippen LogP contribution in [0.25, 0.3) is 0 Å². The second-order valence-electron chi connectivity index (χ2n) is 3.97. The lowest BCUT2D eigenvalue weighted by atomic mass is 10.2. The molecule has 0 unspecified atom stereocenters. The summed E-state index contributed by atoms with van der Waals surface area (Å²) in [5, 5.41) is 2.62. The second-order valence-corrected chi connectivity index (χ2v) is 5.51. The van der Waals surface area contributed by atoms with Crippen LogP contribution in [0.1, 0.15) is 12.0 Å². The highest BCUT2D eigenvalue weighted by Crippen LogP contribution is 2.53. The molecule has 1 saturated carbocycles. The van der Waals surface area contributed by atoms with E-state index in [1.165, 1.54) is 12.1 Å². The van der Waals surface area contributed by atoms with E-state index in [1.807, 2.05) is 0 Å². The van der Waals surface area contributed by atoms with Crippen LogP contribution in [0.15, 0.2) is 18.2 Å². The average molecular weight is 262 g/mol. The second kappa shape index (κ2) is 3.90. The summed E-state index contributed by atoms with van der Waals surface area (Å²) in [6.45, 7) is 1.79. The van der Waals surface area contributed by atoms with Crippen molar-refractivity contribution in [2.24, 2.45) is 5.92 Å². The van der Waals surface area contributed by atoms with Crippen LogP contribution in [0.4, 0.5) is 10.1 Å². The molecule has 0 bridgehead atoms. The van der Waals surface area contributed by atoms with Gasteiger partial charge in [-0.3, -0.25) is 4.79 Å². The minimum absolute atomic E-state index is 0.265. The summed E-state index contributed by atoms with van der Waals surface area (Å²) in [7, 11) is 0. The van der Waals surface area contributed by atoms with Crippen molar-refractivity contribution in [1.29, 1.82) is 0 Å². The summed E-state index contributed by atoms with van der Waals surface area (Å²) in [6, 6.07) is 4.22. The van der Waals surface area contributed by atoms with Crippen LogP contribution in [0.3, 0.4) is 0 Å². The Morgan fingerprint density at radius 2 is 2.19 bits per heavy atom. The molecule has 0 spiro atoms. The zero-order valence-electron chi connectivity index (χ0n) is 8.56. The van der Waals surface area contributed by atoms with Crippen molar-refractivity contribution >= 4 is 34.8 Å². The first kappa shape index (κ1) is 11.7. The first-order valence-corrected chi connectivity index (χ1v) is 5.60. The largest absolute Gasteiger partial charge is 0.325 e. The lowest BCUT2D eigenvalue weighted by molar-refractivity contribution is -0.117. The van der Waals surface area contributed by atoms with Gasteiger partial charge in [0.2, 0.25) is 5.91 Å². The van der Waals surface area contributed by atoms with Crippen LogP contribution in [0, 0.1) is 18.7 Å². The van der Waals surface area contributed by atoms with Gasteiger partial charge in [0.05, 0.1) is 5.92 Å². The maximum absolute atomic E-state index is 13.0. The van der Waals surface area contributed by atoms with E-state index in [0.29, 0.717) is 12.1 Å². The molecule has 0 radical (unpaired) electrons. The number of anilines is 1. The van der Waals surface area contributed by atoms with Gasteiger partial charge in [0.1, 0.15) is 10.2 Å². The lowest BCUT2D eigenvalue weighted by Gasteiger charge is -2.08. The zero-order chi connectivity index (χ0) is 11.9. The summed E-state index contributed by atoms with van der Waals surface area (Å²) >= 11 is 11.5. The van der Waals surface area contributed by atoms with Gasteiger partial charge in [0, 0.05) is 5.69 Å². The molecule has 1 aromatic rings. The summed E-state index contributed by atoms with van der Waals surface area (Å²) in [6.07, 6.45) is 0.441. The SMILES string of the molecule is Cc1ccc(F)cc1NC(=O)[C@@H]1CC1(Cl)Cl. The minimum Gasteiger partial charge on any atom is -0.325 e. The average Bonchev–Trinajstić information content (AvgIpc) is 2.82. The van der Waals surface area contributed by atoms with Crippen molar-refractivity contribution in [2.45, 2.75) is 17.7 Å². The Morgan fingerprint density at radius 3 is 2.75 bits per heavy atom. The molecule has 86 valence electrons. The number of amides is 1. The predicted octanol–water partition coefficient (Wildman–Crippen LogP) is 3.27. The molecule has 1 N–H and O–H groups in total. The number of carbonyl (C=O) groups is 1. The van der Waals surface area contributed by atoms with Gasteiger partial charge in [-0.1, -0.05) is 6.07 Å². The Bertz CT molecular complexity index is 448. The Kier molecular flexibility index (Phi) is 2.84. The third-order valence-corrected chi connectivity index (χ3v) is 3.44. The molecule has 0 heterocycles. The smallest absolute Gasteiger partial charge is 0.230 e. The number of hydrogen-bond acceptors (Lipinski definition) is 1. The van der Waals surface area contributed by atoms with Gasteiger partial charge < -0.3 is 5.32 Å². The topological polar surface area (TPSA) is 29.1 Å². The van der Waals surface area contributed by atoms with E-state index in [-0.39, 0.29) is 11.7 Å². The highest BCUT2D eigenvalue weighted by molar-refractivity contribution is 6.52. The van der Waals surface area contributed by atoms with E-state index in [4.69, 9.17) is 23.2 Å². The molecule has 0 aromatic heterocycles. The molecule has 1 fully saturated rings. The normalized spacial score (nSPS) is 21.6. The molecule has 5 heteroatoms. The van der Waals surface area contributed by atoms with Crippen LogP contribution in [0.2, 0.25) is 0 Å². The first-order valence-electron chi connectivity index (χ1n) is 4.85. The Labute approximate surface area is 103 Å². The van der Waals surface area contributed by atoms with Crippen molar-refractivity contribution in [3.8, 4) is 0 Å². The fraction of sp³-hybridized carbons (Fsp3) is 0.364. The molecule has 0 saturated heterocycles. The molecule has 2 rings (SSSR count). The van der Waals surface area contributed by atoms with Crippen LogP contribution in [0.5, 0.6) is 0 Å². The zero-order valence-corrected chi connectivity index (χ0v) is 10.1. The standard InChI is InChI=1S/C11H10Cl2FNO/c1-6-2-3-7(14)4-9(6)15-10(16)8-5-11(8,12)13/h2-4,8H,5H2,1H3,(H,15,16)/t8-/m0/s1. The van der Waals surface area contributed by atoms with Crippen molar-refractivity contribution < 1.29 is 9.18 Å². The fourth-order valence-electron chi connectivity index (χ4n) is 1.45. The fourth-order valence-corrected chi connectivity index (χ4v) is 1.95. The van der Waals surface area contributed by atoms with E-state index in [0.717, 1.165) is 5.56 Å². The van der Waals surface area contributed by atoms with E-state index in [2.05, 4.69) is 5.32 Å². The van der Waals surface area contributed by atoms with Crippen LogP contribution >= 0.6 is 23.2 Å². The van der Waals surface area contributed by atoms with Crippen molar-refractivity contribution in [3.63, 3.8) is 0 Å². The molecule has 2 nitrogen and oxygen atoms in total. The first-order chi connectivity index (χ1) is 7.40. The molecular weight excluding hydrogens is 252 g/mol. The van der Waals surface area contributed by atoms with Gasteiger partial charge in [-0.15, -0.1) is 23.2 Å². The molecule has 1 atom stereocenters. The van der Waals surface area contributed by atoms with Crippen molar-refractivity contribution in [2.75, 3.05) is 5.32 Å². The van der Waals surface area contributed by atoms with Gasteiger partial charge in [-0.05, 0) is 31.0 Å².